The van der Waals surface area contributed by atoms with Crippen LogP contribution < -0.4 is 4.72 Å². The van der Waals surface area contributed by atoms with Crippen molar-refractivity contribution in [2.24, 2.45) is 5.10 Å². The maximum Gasteiger partial charge on any atom is 0.261 e. The Morgan fingerprint density at radius 1 is 0.968 bits per heavy atom. The van der Waals surface area contributed by atoms with Crippen LogP contribution in [0.2, 0.25) is 0 Å². The van der Waals surface area contributed by atoms with Crippen molar-refractivity contribution in [3.63, 3.8) is 0 Å². The van der Waals surface area contributed by atoms with Crippen LogP contribution in [0.4, 0.5) is 5.69 Å². The van der Waals surface area contributed by atoms with E-state index in [1.54, 1.807) is 49.4 Å². The summed E-state index contributed by atoms with van der Waals surface area (Å²) in [6.45, 7) is 1.81. The van der Waals surface area contributed by atoms with Crippen molar-refractivity contribution in [1.82, 2.24) is 5.01 Å². The molecule has 0 saturated heterocycles. The third-order valence-electron chi connectivity index (χ3n) is 5.19. The van der Waals surface area contributed by atoms with E-state index in [1.807, 2.05) is 42.5 Å². The first kappa shape index (κ1) is 20.8. The van der Waals surface area contributed by atoms with Gasteiger partial charge >= 0.3 is 0 Å². The fourth-order valence-electron chi connectivity index (χ4n) is 3.63. The Hall–Kier alpha value is -3.45. The number of hydrazone groups is 1. The molecule has 7 heteroatoms. The lowest BCUT2D eigenvalue weighted by atomic mass is 9.97. The van der Waals surface area contributed by atoms with Crippen LogP contribution >= 0.6 is 0 Å². The number of amides is 1. The van der Waals surface area contributed by atoms with E-state index >= 15 is 0 Å². The van der Waals surface area contributed by atoms with E-state index in [0.717, 1.165) is 5.56 Å². The number of nitrogens with zero attached hydrogens (tertiary/aromatic N) is 2. The Kier molecular flexibility index (Phi) is 5.86. The topological polar surface area (TPSA) is 78.8 Å². The van der Waals surface area contributed by atoms with Crippen molar-refractivity contribution >= 4 is 27.3 Å². The Balaban J connectivity index is 1.69. The van der Waals surface area contributed by atoms with Crippen LogP contribution in [-0.2, 0) is 14.8 Å². The minimum atomic E-state index is -3.75. The SMILES string of the molecule is CCC(=O)N1N=C(c2ccccc2NS(=O)(=O)c2ccccc2)CC1c1ccccc1. The van der Waals surface area contributed by atoms with Gasteiger partial charge in [0.2, 0.25) is 5.91 Å². The molecule has 1 aliphatic rings. The highest BCUT2D eigenvalue weighted by Gasteiger charge is 2.33. The summed E-state index contributed by atoms with van der Waals surface area (Å²) in [6, 6.07) is 24.9. The lowest BCUT2D eigenvalue weighted by Crippen LogP contribution is -2.26. The average molecular weight is 434 g/mol. The van der Waals surface area contributed by atoms with Crippen LogP contribution in [0, 0.1) is 0 Å². The van der Waals surface area contributed by atoms with Crippen molar-refractivity contribution in [2.45, 2.75) is 30.7 Å². The third-order valence-corrected chi connectivity index (χ3v) is 6.57. The number of nitrogens with one attached hydrogen (secondary N) is 1. The summed E-state index contributed by atoms with van der Waals surface area (Å²) in [5, 5.41) is 6.14. The molecule has 1 atom stereocenters. The first-order valence-electron chi connectivity index (χ1n) is 10.1. The molecule has 1 amide bonds. The summed E-state index contributed by atoms with van der Waals surface area (Å²) in [4.78, 5) is 12.8. The number of rotatable bonds is 6. The van der Waals surface area contributed by atoms with Crippen LogP contribution in [0.15, 0.2) is 94.9 Å². The zero-order valence-electron chi connectivity index (χ0n) is 17.1. The van der Waals surface area contributed by atoms with Gasteiger partial charge in [-0.1, -0.05) is 73.7 Å². The number of hydrogen-bond acceptors (Lipinski definition) is 4. The quantitative estimate of drug-likeness (QED) is 0.618. The summed E-state index contributed by atoms with van der Waals surface area (Å²) < 4.78 is 28.4. The zero-order valence-corrected chi connectivity index (χ0v) is 17.9. The number of carbonyl (C=O) groups excluding carboxylic acids is 1. The molecule has 0 bridgehead atoms. The summed E-state index contributed by atoms with van der Waals surface area (Å²) in [7, 11) is -3.75. The van der Waals surface area contributed by atoms with Gasteiger partial charge in [-0.15, -0.1) is 0 Å². The summed E-state index contributed by atoms with van der Waals surface area (Å²) >= 11 is 0. The molecule has 0 aromatic heterocycles. The predicted molar refractivity (Wildman–Crippen MR) is 121 cm³/mol. The van der Waals surface area contributed by atoms with Gasteiger partial charge in [-0.05, 0) is 23.8 Å². The second-order valence-electron chi connectivity index (χ2n) is 7.23. The van der Waals surface area contributed by atoms with Crippen molar-refractivity contribution in [3.8, 4) is 0 Å². The van der Waals surface area contributed by atoms with E-state index in [-0.39, 0.29) is 16.8 Å². The van der Waals surface area contributed by atoms with Crippen molar-refractivity contribution in [1.29, 1.82) is 0 Å². The minimum Gasteiger partial charge on any atom is -0.279 e. The number of para-hydroxylation sites is 1. The molecule has 6 nitrogen and oxygen atoms in total. The fourth-order valence-corrected chi connectivity index (χ4v) is 4.73. The smallest absolute Gasteiger partial charge is 0.261 e. The lowest BCUT2D eigenvalue weighted by Gasteiger charge is -2.21. The molecule has 1 aliphatic heterocycles. The van der Waals surface area contributed by atoms with Gasteiger partial charge in [-0.25, -0.2) is 13.4 Å². The van der Waals surface area contributed by atoms with Gasteiger partial charge in [0.25, 0.3) is 10.0 Å². The van der Waals surface area contributed by atoms with Crippen molar-refractivity contribution in [3.05, 3.63) is 96.1 Å². The van der Waals surface area contributed by atoms with E-state index in [9.17, 15) is 13.2 Å². The Morgan fingerprint density at radius 2 is 1.58 bits per heavy atom. The molecular formula is C24H23N3O3S. The molecule has 31 heavy (non-hydrogen) atoms. The maximum atomic E-state index is 12.9. The summed E-state index contributed by atoms with van der Waals surface area (Å²) in [5.41, 5.74) is 2.75. The normalized spacial score (nSPS) is 16.1. The average Bonchev–Trinajstić information content (AvgIpc) is 3.25. The standard InChI is InChI=1S/C24H23N3O3S/c1-2-24(28)27-23(18-11-5-3-6-12-18)17-22(25-27)20-15-9-10-16-21(20)26-31(29,30)19-13-7-4-8-14-19/h3-16,23,26H,2,17H2,1H3. The minimum absolute atomic E-state index is 0.0776. The molecule has 0 radical (unpaired) electrons. The second kappa shape index (κ2) is 8.73. The van der Waals surface area contributed by atoms with E-state index in [0.29, 0.717) is 29.8 Å². The third kappa shape index (κ3) is 4.36. The second-order valence-corrected chi connectivity index (χ2v) is 8.92. The molecule has 3 aromatic rings. The van der Waals surface area contributed by atoms with Gasteiger partial charge in [0.1, 0.15) is 0 Å². The predicted octanol–water partition coefficient (Wildman–Crippen LogP) is 4.58. The largest absolute Gasteiger partial charge is 0.279 e. The molecule has 3 aromatic carbocycles. The van der Waals surface area contributed by atoms with Gasteiger partial charge in [-0.3, -0.25) is 9.52 Å². The molecule has 4 rings (SSSR count). The number of hydrogen-bond donors (Lipinski definition) is 1. The van der Waals surface area contributed by atoms with E-state index in [2.05, 4.69) is 9.82 Å². The fraction of sp³-hybridized carbons (Fsp3) is 0.167. The van der Waals surface area contributed by atoms with E-state index < -0.39 is 10.0 Å². The highest BCUT2D eigenvalue weighted by atomic mass is 32.2. The monoisotopic (exact) mass is 433 g/mol. The van der Waals surface area contributed by atoms with Crippen LogP contribution in [0.25, 0.3) is 0 Å². The molecule has 1 heterocycles. The molecule has 0 fully saturated rings. The van der Waals surface area contributed by atoms with Gasteiger partial charge in [-0.2, -0.15) is 5.10 Å². The first-order chi connectivity index (χ1) is 15.0. The van der Waals surface area contributed by atoms with Crippen LogP contribution in [0.5, 0.6) is 0 Å². The molecule has 0 aliphatic carbocycles. The summed E-state index contributed by atoms with van der Waals surface area (Å²) in [6.07, 6.45) is 0.836. The molecule has 0 spiro atoms. The highest BCUT2D eigenvalue weighted by molar-refractivity contribution is 7.92. The van der Waals surface area contributed by atoms with Gasteiger partial charge < -0.3 is 0 Å². The molecule has 1 N–H and O–H groups in total. The van der Waals surface area contributed by atoms with E-state index in [1.165, 1.54) is 5.01 Å². The molecule has 1 unspecified atom stereocenters. The number of anilines is 1. The first-order valence-corrected chi connectivity index (χ1v) is 11.6. The van der Waals surface area contributed by atoms with Gasteiger partial charge in [0, 0.05) is 18.4 Å². The maximum absolute atomic E-state index is 12.9. The number of carbonyl (C=O) groups is 1. The van der Waals surface area contributed by atoms with Gasteiger partial charge in [0.05, 0.1) is 22.3 Å². The van der Waals surface area contributed by atoms with Crippen LogP contribution in [-0.4, -0.2) is 25.0 Å². The van der Waals surface area contributed by atoms with E-state index in [4.69, 9.17) is 0 Å². The van der Waals surface area contributed by atoms with Crippen molar-refractivity contribution < 1.29 is 13.2 Å². The number of sulfonamides is 1. The van der Waals surface area contributed by atoms with Crippen molar-refractivity contribution in [2.75, 3.05) is 4.72 Å². The number of benzene rings is 3. The Morgan fingerprint density at radius 3 is 2.26 bits per heavy atom. The van der Waals surface area contributed by atoms with Gasteiger partial charge in [0.15, 0.2) is 0 Å². The molecular weight excluding hydrogens is 410 g/mol. The molecule has 158 valence electrons. The Labute approximate surface area is 182 Å². The zero-order chi connectivity index (χ0) is 21.8. The molecule has 0 saturated carbocycles. The highest BCUT2D eigenvalue weighted by Crippen LogP contribution is 2.35. The Bertz CT molecular complexity index is 1210. The van der Waals surface area contributed by atoms with Crippen LogP contribution in [0.1, 0.15) is 36.9 Å². The van der Waals surface area contributed by atoms with Crippen LogP contribution in [0.3, 0.4) is 0 Å². The summed E-state index contributed by atoms with van der Waals surface area (Å²) in [5.74, 6) is -0.0776. The lowest BCUT2D eigenvalue weighted by molar-refractivity contribution is -0.132.